The fraction of sp³-hybridized carbons (Fsp3) is 0.111. The van der Waals surface area contributed by atoms with Crippen molar-refractivity contribution in [1.29, 1.82) is 0 Å². The van der Waals surface area contributed by atoms with Crippen molar-refractivity contribution >= 4 is 5.83 Å². The van der Waals surface area contributed by atoms with Gasteiger partial charge < -0.3 is 4.74 Å². The third-order valence-corrected chi connectivity index (χ3v) is 1.35. The Morgan fingerprint density at radius 2 is 2.27 bits per heavy atom. The first-order valence-electron chi connectivity index (χ1n) is 3.16. The van der Waals surface area contributed by atoms with Gasteiger partial charge in [0.25, 0.3) is 0 Å². The van der Waals surface area contributed by atoms with Crippen molar-refractivity contribution in [3.05, 3.63) is 36.4 Å². The molecule has 57 valence electrons. The molecule has 11 heavy (non-hydrogen) atoms. The van der Waals surface area contributed by atoms with Crippen LogP contribution in [-0.4, -0.2) is 7.11 Å². The van der Waals surface area contributed by atoms with Gasteiger partial charge >= 0.3 is 0 Å². The molecule has 0 N–H and O–H groups in total. The number of hydrogen-bond acceptors (Lipinski definition) is 1. The van der Waals surface area contributed by atoms with E-state index in [0.717, 1.165) is 0 Å². The fourth-order valence-corrected chi connectivity index (χ4v) is 0.772. The van der Waals surface area contributed by atoms with Crippen LogP contribution in [0.1, 0.15) is 5.56 Å². The molecular formula is C9H8FO. The fourth-order valence-electron chi connectivity index (χ4n) is 0.772. The molecule has 0 saturated heterocycles. The zero-order valence-electron chi connectivity index (χ0n) is 6.17. The van der Waals surface area contributed by atoms with E-state index in [1.54, 1.807) is 18.2 Å². The van der Waals surface area contributed by atoms with Crippen LogP contribution in [0, 0.1) is 6.58 Å². The van der Waals surface area contributed by atoms with Crippen LogP contribution in [0.3, 0.4) is 0 Å². The predicted molar refractivity (Wildman–Crippen MR) is 41.8 cm³/mol. The summed E-state index contributed by atoms with van der Waals surface area (Å²) in [4.78, 5) is 0. The highest BCUT2D eigenvalue weighted by Gasteiger charge is 1.97. The Hall–Kier alpha value is -1.31. The molecule has 0 aromatic heterocycles. The van der Waals surface area contributed by atoms with Crippen molar-refractivity contribution in [1.82, 2.24) is 0 Å². The van der Waals surface area contributed by atoms with Crippen LogP contribution < -0.4 is 4.74 Å². The van der Waals surface area contributed by atoms with Crippen LogP contribution in [0.15, 0.2) is 24.3 Å². The summed E-state index contributed by atoms with van der Waals surface area (Å²) in [5.41, 5.74) is 0.351. The smallest absolute Gasteiger partial charge is 0.130 e. The summed E-state index contributed by atoms with van der Waals surface area (Å²) in [5.74, 6) is -0.0907. The molecule has 1 rings (SSSR count). The molecule has 0 aliphatic rings. The van der Waals surface area contributed by atoms with Gasteiger partial charge in [0.15, 0.2) is 0 Å². The van der Waals surface area contributed by atoms with Gasteiger partial charge in [-0.25, -0.2) is 4.39 Å². The van der Waals surface area contributed by atoms with Gasteiger partial charge in [-0.05, 0) is 18.7 Å². The lowest BCUT2D eigenvalue weighted by Gasteiger charge is -2.00. The Kier molecular flexibility index (Phi) is 2.26. The monoisotopic (exact) mass is 151 g/mol. The minimum Gasteiger partial charge on any atom is -0.497 e. The average Bonchev–Trinajstić information content (AvgIpc) is 2.05. The molecule has 0 unspecified atom stereocenters. The minimum atomic E-state index is -0.691. The van der Waals surface area contributed by atoms with E-state index in [0.29, 0.717) is 11.3 Å². The van der Waals surface area contributed by atoms with Crippen molar-refractivity contribution in [2.24, 2.45) is 0 Å². The van der Waals surface area contributed by atoms with E-state index in [1.807, 2.05) is 0 Å². The van der Waals surface area contributed by atoms with Crippen molar-refractivity contribution in [2.75, 3.05) is 7.11 Å². The van der Waals surface area contributed by atoms with Gasteiger partial charge in [0.2, 0.25) is 0 Å². The second-order valence-electron chi connectivity index (χ2n) is 2.08. The molecule has 1 aromatic carbocycles. The molecule has 0 fully saturated rings. The van der Waals surface area contributed by atoms with Gasteiger partial charge in [0.1, 0.15) is 11.6 Å². The highest BCUT2D eigenvalue weighted by Crippen LogP contribution is 2.18. The molecule has 0 amide bonds. The second kappa shape index (κ2) is 3.19. The van der Waals surface area contributed by atoms with Gasteiger partial charge in [-0.1, -0.05) is 12.1 Å². The van der Waals surface area contributed by atoms with Gasteiger partial charge in [-0.15, -0.1) is 0 Å². The first-order chi connectivity index (χ1) is 5.24. The maximum absolute atomic E-state index is 12.4. The number of halogens is 1. The summed E-state index contributed by atoms with van der Waals surface area (Å²) in [7, 11) is 1.52. The van der Waals surface area contributed by atoms with E-state index in [9.17, 15) is 4.39 Å². The maximum atomic E-state index is 12.4. The highest BCUT2D eigenvalue weighted by atomic mass is 19.1. The minimum absolute atomic E-state index is 0.351. The normalized spacial score (nSPS) is 9.27. The van der Waals surface area contributed by atoms with Gasteiger partial charge in [0, 0.05) is 5.56 Å². The van der Waals surface area contributed by atoms with E-state index in [4.69, 9.17) is 11.3 Å². The molecule has 1 aromatic rings. The summed E-state index contributed by atoms with van der Waals surface area (Å²) in [6, 6.07) is 6.53. The summed E-state index contributed by atoms with van der Waals surface area (Å²) in [6.07, 6.45) is 0. The molecular weight excluding hydrogens is 143 g/mol. The van der Waals surface area contributed by atoms with E-state index < -0.39 is 5.83 Å². The van der Waals surface area contributed by atoms with E-state index in [-0.39, 0.29) is 0 Å². The molecule has 0 spiro atoms. The highest BCUT2D eigenvalue weighted by molar-refractivity contribution is 5.56. The summed E-state index contributed by atoms with van der Waals surface area (Å²) in [6.45, 7) is 4.93. The Bertz CT molecular complexity index is 268. The molecule has 0 bridgehead atoms. The van der Waals surface area contributed by atoms with Crippen LogP contribution in [0.5, 0.6) is 5.75 Å². The molecule has 0 aliphatic heterocycles. The van der Waals surface area contributed by atoms with Crippen molar-refractivity contribution < 1.29 is 9.13 Å². The lowest BCUT2D eigenvalue weighted by atomic mass is 10.2. The number of benzene rings is 1. The Morgan fingerprint density at radius 3 is 2.82 bits per heavy atom. The van der Waals surface area contributed by atoms with E-state index in [2.05, 4.69) is 0 Å². The van der Waals surface area contributed by atoms with Crippen LogP contribution >= 0.6 is 0 Å². The maximum Gasteiger partial charge on any atom is 0.130 e. The molecule has 0 saturated carbocycles. The quantitative estimate of drug-likeness (QED) is 0.630. The average molecular weight is 151 g/mol. The van der Waals surface area contributed by atoms with Gasteiger partial charge in [0.05, 0.1) is 7.11 Å². The van der Waals surface area contributed by atoms with Crippen LogP contribution in [-0.2, 0) is 0 Å². The Balaban J connectivity index is 3.01. The summed E-state index contributed by atoms with van der Waals surface area (Å²) < 4.78 is 17.3. The van der Waals surface area contributed by atoms with Gasteiger partial charge in [-0.3, -0.25) is 0 Å². The third-order valence-electron chi connectivity index (χ3n) is 1.35. The number of hydrogen-bond donors (Lipinski definition) is 0. The zero-order valence-corrected chi connectivity index (χ0v) is 6.17. The van der Waals surface area contributed by atoms with Crippen LogP contribution in [0.4, 0.5) is 4.39 Å². The van der Waals surface area contributed by atoms with Crippen molar-refractivity contribution in [2.45, 2.75) is 0 Å². The molecule has 0 heterocycles. The number of ether oxygens (including phenoxy) is 1. The van der Waals surface area contributed by atoms with E-state index >= 15 is 0 Å². The standard InChI is InChI=1S/C9H8FO/c1-7(10)8-4-3-5-9(6-8)11-2/h1,3-6H,2H3. The lowest BCUT2D eigenvalue weighted by Crippen LogP contribution is -1.83. The molecule has 0 aliphatic carbocycles. The zero-order chi connectivity index (χ0) is 8.27. The number of rotatable bonds is 2. The third kappa shape index (κ3) is 1.80. The molecule has 1 radical (unpaired) electrons. The Labute approximate surface area is 65.1 Å². The van der Waals surface area contributed by atoms with Crippen LogP contribution in [0.25, 0.3) is 5.83 Å². The summed E-state index contributed by atoms with van der Waals surface area (Å²) in [5, 5.41) is 0. The second-order valence-corrected chi connectivity index (χ2v) is 2.08. The van der Waals surface area contributed by atoms with E-state index in [1.165, 1.54) is 13.2 Å². The Morgan fingerprint density at radius 1 is 1.55 bits per heavy atom. The van der Waals surface area contributed by atoms with Crippen molar-refractivity contribution in [3.8, 4) is 5.75 Å². The SMILES string of the molecule is [CH]=C(F)c1cccc(OC)c1. The molecule has 1 nitrogen and oxygen atoms in total. The van der Waals surface area contributed by atoms with Crippen LogP contribution in [0.2, 0.25) is 0 Å². The first kappa shape index (κ1) is 7.79. The predicted octanol–water partition coefficient (Wildman–Crippen LogP) is 2.44. The number of methoxy groups -OCH3 is 1. The molecule has 2 heteroatoms. The topological polar surface area (TPSA) is 9.23 Å². The largest absolute Gasteiger partial charge is 0.497 e. The van der Waals surface area contributed by atoms with Crippen molar-refractivity contribution in [3.63, 3.8) is 0 Å². The van der Waals surface area contributed by atoms with Gasteiger partial charge in [-0.2, -0.15) is 0 Å². The summed E-state index contributed by atoms with van der Waals surface area (Å²) >= 11 is 0. The lowest BCUT2D eigenvalue weighted by molar-refractivity contribution is 0.414. The first-order valence-corrected chi connectivity index (χ1v) is 3.16. The molecule has 0 atom stereocenters.